The number of nitrogens with one attached hydrogen (secondary N) is 1. The van der Waals surface area contributed by atoms with E-state index in [2.05, 4.69) is 26.2 Å². The van der Waals surface area contributed by atoms with Crippen molar-refractivity contribution < 1.29 is 10.2 Å². The molecule has 1 rings (SSSR count). The summed E-state index contributed by atoms with van der Waals surface area (Å²) < 4.78 is 0.826. The number of hydrogen-bond acceptors (Lipinski definition) is 4. The summed E-state index contributed by atoms with van der Waals surface area (Å²) in [5.41, 5.74) is 0.331. The monoisotopic (exact) mass is 288 g/mol. The molecule has 0 bridgehead atoms. The standard InChI is InChI=1S/C11H17BrN2O2/c1-3-11(6-15,7-16)14-10-9(12)4-8(2)5-13-10/h4-5,15-16H,3,6-7H2,1-2H3,(H,13,14). The van der Waals surface area contributed by atoms with Crippen LogP contribution in [0.15, 0.2) is 16.7 Å². The van der Waals surface area contributed by atoms with E-state index in [1.807, 2.05) is 19.9 Å². The van der Waals surface area contributed by atoms with Crippen molar-refractivity contribution in [2.24, 2.45) is 0 Å². The van der Waals surface area contributed by atoms with E-state index in [0.29, 0.717) is 12.2 Å². The molecule has 16 heavy (non-hydrogen) atoms. The lowest BCUT2D eigenvalue weighted by molar-refractivity contribution is 0.132. The van der Waals surface area contributed by atoms with Gasteiger partial charge in [-0.15, -0.1) is 0 Å². The molecule has 0 saturated heterocycles. The third kappa shape index (κ3) is 2.93. The van der Waals surface area contributed by atoms with Crippen LogP contribution in [0.3, 0.4) is 0 Å². The van der Waals surface area contributed by atoms with Gasteiger partial charge in [-0.2, -0.15) is 0 Å². The highest BCUT2D eigenvalue weighted by Crippen LogP contribution is 2.25. The Morgan fingerprint density at radius 2 is 2.06 bits per heavy atom. The second-order valence-corrected chi connectivity index (χ2v) is 4.77. The van der Waals surface area contributed by atoms with E-state index in [1.54, 1.807) is 6.20 Å². The molecule has 5 heteroatoms. The lowest BCUT2D eigenvalue weighted by atomic mass is 9.98. The number of pyridine rings is 1. The van der Waals surface area contributed by atoms with Gasteiger partial charge in [0.25, 0.3) is 0 Å². The van der Waals surface area contributed by atoms with Crippen LogP contribution in [0.4, 0.5) is 5.82 Å². The van der Waals surface area contributed by atoms with Crippen LogP contribution in [-0.4, -0.2) is 33.9 Å². The predicted octanol–water partition coefficient (Wildman–Crippen LogP) is 1.70. The number of aryl methyl sites for hydroxylation is 1. The summed E-state index contributed by atoms with van der Waals surface area (Å²) in [6.07, 6.45) is 2.35. The van der Waals surface area contributed by atoms with E-state index in [9.17, 15) is 10.2 Å². The van der Waals surface area contributed by atoms with Gasteiger partial charge in [-0.05, 0) is 40.9 Å². The van der Waals surface area contributed by atoms with E-state index in [-0.39, 0.29) is 13.2 Å². The maximum Gasteiger partial charge on any atom is 0.140 e. The summed E-state index contributed by atoms with van der Waals surface area (Å²) in [6, 6.07) is 1.94. The number of anilines is 1. The molecule has 1 aromatic heterocycles. The van der Waals surface area contributed by atoms with Gasteiger partial charge < -0.3 is 15.5 Å². The summed E-state index contributed by atoms with van der Waals surface area (Å²) in [5, 5.41) is 21.7. The first-order chi connectivity index (χ1) is 7.56. The van der Waals surface area contributed by atoms with Crippen LogP contribution in [0, 0.1) is 6.92 Å². The lowest BCUT2D eigenvalue weighted by Gasteiger charge is -2.30. The van der Waals surface area contributed by atoms with Crippen molar-refractivity contribution in [1.29, 1.82) is 0 Å². The summed E-state index contributed by atoms with van der Waals surface area (Å²) >= 11 is 3.40. The molecular formula is C11H17BrN2O2. The summed E-state index contributed by atoms with van der Waals surface area (Å²) in [4.78, 5) is 4.23. The summed E-state index contributed by atoms with van der Waals surface area (Å²) in [6.45, 7) is 3.58. The Labute approximate surface area is 104 Å². The Morgan fingerprint density at radius 3 is 2.50 bits per heavy atom. The number of rotatable bonds is 5. The minimum absolute atomic E-state index is 0.137. The third-order valence-corrected chi connectivity index (χ3v) is 3.25. The Kier molecular flexibility index (Phi) is 4.70. The molecule has 0 fully saturated rings. The zero-order chi connectivity index (χ0) is 12.2. The Balaban J connectivity index is 2.93. The normalized spacial score (nSPS) is 11.6. The van der Waals surface area contributed by atoms with Crippen molar-refractivity contribution in [3.8, 4) is 0 Å². The van der Waals surface area contributed by atoms with Gasteiger partial charge in [-0.3, -0.25) is 0 Å². The van der Waals surface area contributed by atoms with Crippen molar-refractivity contribution in [3.63, 3.8) is 0 Å². The van der Waals surface area contributed by atoms with Crippen LogP contribution in [0.25, 0.3) is 0 Å². The Hall–Kier alpha value is -0.650. The molecule has 1 heterocycles. The second-order valence-electron chi connectivity index (χ2n) is 3.92. The number of aliphatic hydroxyl groups excluding tert-OH is 2. The molecule has 0 aromatic carbocycles. The first-order valence-electron chi connectivity index (χ1n) is 5.19. The molecule has 0 aliphatic heterocycles. The van der Waals surface area contributed by atoms with Crippen LogP contribution >= 0.6 is 15.9 Å². The van der Waals surface area contributed by atoms with Crippen molar-refractivity contribution in [3.05, 3.63) is 22.3 Å². The quantitative estimate of drug-likeness (QED) is 0.772. The van der Waals surface area contributed by atoms with Crippen LogP contribution in [0.1, 0.15) is 18.9 Å². The predicted molar refractivity (Wildman–Crippen MR) is 67.5 cm³/mol. The van der Waals surface area contributed by atoms with Crippen molar-refractivity contribution in [2.45, 2.75) is 25.8 Å². The molecule has 1 aromatic rings. The van der Waals surface area contributed by atoms with Crippen LogP contribution in [-0.2, 0) is 0 Å². The van der Waals surface area contributed by atoms with Gasteiger partial charge in [0.05, 0.1) is 23.2 Å². The largest absolute Gasteiger partial charge is 0.394 e. The molecule has 0 spiro atoms. The zero-order valence-corrected chi connectivity index (χ0v) is 11.1. The van der Waals surface area contributed by atoms with Gasteiger partial charge in [-0.25, -0.2) is 4.98 Å². The molecular weight excluding hydrogens is 272 g/mol. The molecule has 3 N–H and O–H groups in total. The number of halogens is 1. The molecule has 0 saturated carbocycles. The molecule has 0 aliphatic rings. The minimum Gasteiger partial charge on any atom is -0.394 e. The maximum absolute atomic E-state index is 9.32. The average Bonchev–Trinajstić information content (AvgIpc) is 2.29. The van der Waals surface area contributed by atoms with Crippen molar-refractivity contribution >= 4 is 21.7 Å². The molecule has 0 unspecified atom stereocenters. The topological polar surface area (TPSA) is 65.4 Å². The average molecular weight is 289 g/mol. The van der Waals surface area contributed by atoms with Gasteiger partial charge in [0.1, 0.15) is 5.82 Å². The maximum atomic E-state index is 9.32. The van der Waals surface area contributed by atoms with E-state index in [4.69, 9.17) is 0 Å². The van der Waals surface area contributed by atoms with Gasteiger partial charge in [-0.1, -0.05) is 6.92 Å². The van der Waals surface area contributed by atoms with Crippen molar-refractivity contribution in [1.82, 2.24) is 4.98 Å². The number of hydrogen-bond donors (Lipinski definition) is 3. The smallest absolute Gasteiger partial charge is 0.140 e. The highest BCUT2D eigenvalue weighted by molar-refractivity contribution is 9.10. The van der Waals surface area contributed by atoms with Gasteiger partial charge in [0, 0.05) is 6.20 Å². The Bertz CT molecular complexity index is 346. The first-order valence-corrected chi connectivity index (χ1v) is 5.98. The fourth-order valence-electron chi connectivity index (χ4n) is 1.32. The van der Waals surface area contributed by atoms with E-state index in [1.165, 1.54) is 0 Å². The minimum atomic E-state index is -0.717. The van der Waals surface area contributed by atoms with E-state index >= 15 is 0 Å². The highest BCUT2D eigenvalue weighted by Gasteiger charge is 2.27. The zero-order valence-electron chi connectivity index (χ0n) is 9.50. The molecule has 0 radical (unpaired) electrons. The van der Waals surface area contributed by atoms with Gasteiger partial charge in [0.2, 0.25) is 0 Å². The second kappa shape index (κ2) is 5.61. The van der Waals surface area contributed by atoms with Crippen LogP contribution in [0.2, 0.25) is 0 Å². The Morgan fingerprint density at radius 1 is 1.44 bits per heavy atom. The molecule has 90 valence electrons. The van der Waals surface area contributed by atoms with Gasteiger partial charge >= 0.3 is 0 Å². The van der Waals surface area contributed by atoms with Crippen LogP contribution < -0.4 is 5.32 Å². The highest BCUT2D eigenvalue weighted by atomic mass is 79.9. The summed E-state index contributed by atoms with van der Waals surface area (Å²) in [5.74, 6) is 0.635. The fraction of sp³-hybridized carbons (Fsp3) is 0.545. The fourth-order valence-corrected chi connectivity index (χ4v) is 1.88. The molecule has 0 aliphatic carbocycles. The number of nitrogens with zero attached hydrogens (tertiary/aromatic N) is 1. The lowest BCUT2D eigenvalue weighted by Crippen LogP contribution is -2.45. The van der Waals surface area contributed by atoms with Crippen LogP contribution in [0.5, 0.6) is 0 Å². The van der Waals surface area contributed by atoms with Crippen molar-refractivity contribution in [2.75, 3.05) is 18.5 Å². The number of aromatic nitrogens is 1. The SMILES string of the molecule is CCC(CO)(CO)Nc1ncc(C)cc1Br. The third-order valence-electron chi connectivity index (χ3n) is 2.64. The molecule has 4 nitrogen and oxygen atoms in total. The molecule has 0 atom stereocenters. The summed E-state index contributed by atoms with van der Waals surface area (Å²) in [7, 11) is 0. The number of aliphatic hydroxyl groups is 2. The van der Waals surface area contributed by atoms with E-state index in [0.717, 1.165) is 10.0 Å². The van der Waals surface area contributed by atoms with Gasteiger partial charge in [0.15, 0.2) is 0 Å². The first kappa shape index (κ1) is 13.4. The van der Waals surface area contributed by atoms with E-state index < -0.39 is 5.54 Å². The molecule has 0 amide bonds.